The quantitative estimate of drug-likeness (QED) is 0.936. The van der Waals surface area contributed by atoms with Gasteiger partial charge in [0, 0.05) is 5.02 Å². The summed E-state index contributed by atoms with van der Waals surface area (Å²) in [6.07, 6.45) is 0. The zero-order chi connectivity index (χ0) is 14.0. The molecule has 1 amide bonds. The van der Waals surface area contributed by atoms with Crippen molar-refractivity contribution in [2.75, 3.05) is 0 Å². The molecule has 0 aliphatic carbocycles. The van der Waals surface area contributed by atoms with Gasteiger partial charge in [-0.25, -0.2) is 0 Å². The lowest BCUT2D eigenvalue weighted by atomic mass is 10.1. The number of nitrogens with zero attached hydrogens (tertiary/aromatic N) is 1. The van der Waals surface area contributed by atoms with Crippen molar-refractivity contribution in [3.8, 4) is 0 Å². The van der Waals surface area contributed by atoms with Crippen molar-refractivity contribution >= 4 is 17.5 Å². The van der Waals surface area contributed by atoms with E-state index >= 15 is 0 Å². The number of halogens is 1. The molecule has 2 aromatic rings. The van der Waals surface area contributed by atoms with Crippen molar-refractivity contribution in [2.45, 2.75) is 26.8 Å². The van der Waals surface area contributed by atoms with Crippen molar-refractivity contribution in [1.29, 1.82) is 0 Å². The molecule has 0 bridgehead atoms. The van der Waals surface area contributed by atoms with Crippen LogP contribution in [0.15, 0.2) is 28.8 Å². The van der Waals surface area contributed by atoms with Gasteiger partial charge < -0.3 is 9.84 Å². The summed E-state index contributed by atoms with van der Waals surface area (Å²) < 4.78 is 4.99. The Labute approximate surface area is 116 Å². The molecule has 1 aromatic heterocycles. The standard InChI is InChI=1S/C14H15ClN2O2/c1-8(11-6-4-5-7-12(11)15)16-14(18)13-9(2)17-19-10(13)3/h4-8H,1-3H3,(H,16,18). The molecule has 2 rings (SSSR count). The van der Waals surface area contributed by atoms with Crippen LogP contribution >= 0.6 is 11.6 Å². The van der Waals surface area contributed by atoms with Crippen molar-refractivity contribution in [3.63, 3.8) is 0 Å². The first kappa shape index (κ1) is 13.6. The van der Waals surface area contributed by atoms with Gasteiger partial charge in [0.1, 0.15) is 11.3 Å². The average Bonchev–Trinajstić information content (AvgIpc) is 2.69. The molecule has 0 aliphatic heterocycles. The van der Waals surface area contributed by atoms with Gasteiger partial charge in [-0.1, -0.05) is 35.0 Å². The first-order valence-corrected chi connectivity index (χ1v) is 6.36. The number of nitrogens with one attached hydrogen (secondary N) is 1. The highest BCUT2D eigenvalue weighted by Crippen LogP contribution is 2.23. The molecule has 1 aromatic carbocycles. The lowest BCUT2D eigenvalue weighted by Crippen LogP contribution is -2.27. The van der Waals surface area contributed by atoms with E-state index < -0.39 is 0 Å². The fraction of sp³-hybridized carbons (Fsp3) is 0.286. The number of rotatable bonds is 3. The number of carbonyl (C=O) groups is 1. The van der Waals surface area contributed by atoms with E-state index in [9.17, 15) is 4.79 Å². The molecule has 100 valence electrons. The molecule has 1 atom stereocenters. The Morgan fingerprint density at radius 2 is 2.05 bits per heavy atom. The zero-order valence-electron chi connectivity index (χ0n) is 11.0. The molecule has 0 spiro atoms. The molecule has 0 fully saturated rings. The smallest absolute Gasteiger partial charge is 0.257 e. The van der Waals surface area contributed by atoms with Crippen LogP contribution in [0, 0.1) is 13.8 Å². The van der Waals surface area contributed by atoms with Crippen molar-refractivity contribution in [2.24, 2.45) is 0 Å². The SMILES string of the molecule is Cc1noc(C)c1C(=O)NC(C)c1ccccc1Cl. The highest BCUT2D eigenvalue weighted by molar-refractivity contribution is 6.31. The van der Waals surface area contributed by atoms with Crippen LogP contribution in [0.1, 0.15) is 40.3 Å². The Hall–Kier alpha value is -1.81. The minimum atomic E-state index is -0.205. The van der Waals surface area contributed by atoms with Crippen molar-refractivity contribution < 1.29 is 9.32 Å². The monoisotopic (exact) mass is 278 g/mol. The van der Waals surface area contributed by atoms with Gasteiger partial charge in [0.25, 0.3) is 5.91 Å². The molecule has 0 saturated carbocycles. The first-order valence-electron chi connectivity index (χ1n) is 5.99. The second kappa shape index (κ2) is 5.45. The van der Waals surface area contributed by atoms with E-state index in [1.54, 1.807) is 19.9 Å². The maximum atomic E-state index is 12.2. The molecule has 0 radical (unpaired) electrons. The predicted octanol–water partition coefficient (Wildman–Crippen LogP) is 3.44. The normalized spacial score (nSPS) is 12.2. The van der Waals surface area contributed by atoms with E-state index in [1.165, 1.54) is 0 Å². The molecule has 19 heavy (non-hydrogen) atoms. The molecular weight excluding hydrogens is 264 g/mol. The van der Waals surface area contributed by atoms with Crippen LogP contribution in [-0.4, -0.2) is 11.1 Å². The minimum absolute atomic E-state index is 0.185. The van der Waals surface area contributed by atoms with Crippen LogP contribution in [0.2, 0.25) is 5.02 Å². The zero-order valence-corrected chi connectivity index (χ0v) is 11.8. The largest absolute Gasteiger partial charge is 0.361 e. The number of benzene rings is 1. The van der Waals surface area contributed by atoms with Gasteiger partial charge in [-0.15, -0.1) is 0 Å². The Balaban J connectivity index is 2.18. The van der Waals surface area contributed by atoms with Gasteiger partial charge in [0.05, 0.1) is 11.7 Å². The van der Waals surface area contributed by atoms with Gasteiger partial charge in [-0.2, -0.15) is 0 Å². The van der Waals surface area contributed by atoms with E-state index in [1.807, 2.05) is 25.1 Å². The summed E-state index contributed by atoms with van der Waals surface area (Å²) in [5.41, 5.74) is 1.95. The molecule has 5 heteroatoms. The Bertz CT molecular complexity index is 588. The summed E-state index contributed by atoms with van der Waals surface area (Å²) in [5, 5.41) is 7.30. The van der Waals surface area contributed by atoms with Crippen LogP contribution in [-0.2, 0) is 0 Å². The maximum Gasteiger partial charge on any atom is 0.257 e. The highest BCUT2D eigenvalue weighted by Gasteiger charge is 2.20. The number of aromatic nitrogens is 1. The Kier molecular flexibility index (Phi) is 3.90. The van der Waals surface area contributed by atoms with Crippen LogP contribution in [0.25, 0.3) is 0 Å². The van der Waals surface area contributed by atoms with Crippen LogP contribution < -0.4 is 5.32 Å². The van der Waals surface area contributed by atoms with Crippen LogP contribution in [0.4, 0.5) is 0 Å². The maximum absolute atomic E-state index is 12.2. The summed E-state index contributed by atoms with van der Waals surface area (Å²) in [6, 6.07) is 7.25. The molecule has 0 saturated heterocycles. The van der Waals surface area contributed by atoms with Crippen LogP contribution in [0.5, 0.6) is 0 Å². The molecule has 1 unspecified atom stereocenters. The van der Waals surface area contributed by atoms with E-state index in [-0.39, 0.29) is 11.9 Å². The van der Waals surface area contributed by atoms with Gasteiger partial charge in [0.2, 0.25) is 0 Å². The summed E-state index contributed by atoms with van der Waals surface area (Å²) in [7, 11) is 0. The fourth-order valence-corrected chi connectivity index (χ4v) is 2.28. The number of hydrogen-bond donors (Lipinski definition) is 1. The lowest BCUT2D eigenvalue weighted by molar-refractivity contribution is 0.0938. The van der Waals surface area contributed by atoms with Gasteiger partial charge in [-0.3, -0.25) is 4.79 Å². The van der Waals surface area contributed by atoms with Gasteiger partial charge >= 0.3 is 0 Å². The highest BCUT2D eigenvalue weighted by atomic mass is 35.5. The fourth-order valence-electron chi connectivity index (χ4n) is 1.98. The van der Waals surface area contributed by atoms with Crippen molar-refractivity contribution in [3.05, 3.63) is 51.9 Å². The van der Waals surface area contributed by atoms with Crippen LogP contribution in [0.3, 0.4) is 0 Å². The second-order valence-electron chi connectivity index (χ2n) is 4.42. The number of amides is 1. The molecule has 4 nitrogen and oxygen atoms in total. The topological polar surface area (TPSA) is 55.1 Å². The Morgan fingerprint density at radius 3 is 2.63 bits per heavy atom. The van der Waals surface area contributed by atoms with E-state index in [4.69, 9.17) is 16.1 Å². The number of carbonyl (C=O) groups excluding carboxylic acids is 1. The van der Waals surface area contributed by atoms with E-state index in [0.717, 1.165) is 5.56 Å². The molecular formula is C14H15ClN2O2. The predicted molar refractivity (Wildman–Crippen MR) is 73.3 cm³/mol. The third-order valence-electron chi connectivity index (χ3n) is 2.98. The third kappa shape index (κ3) is 2.79. The summed E-state index contributed by atoms with van der Waals surface area (Å²) in [5.74, 6) is 0.310. The second-order valence-corrected chi connectivity index (χ2v) is 4.82. The molecule has 1 heterocycles. The summed E-state index contributed by atoms with van der Waals surface area (Å²) in [4.78, 5) is 12.2. The van der Waals surface area contributed by atoms with Crippen molar-refractivity contribution in [1.82, 2.24) is 10.5 Å². The summed E-state index contributed by atoms with van der Waals surface area (Å²) >= 11 is 6.11. The van der Waals surface area contributed by atoms with E-state index in [0.29, 0.717) is 22.0 Å². The number of hydrogen-bond acceptors (Lipinski definition) is 3. The Morgan fingerprint density at radius 1 is 1.37 bits per heavy atom. The van der Waals surface area contributed by atoms with Gasteiger partial charge in [-0.05, 0) is 32.4 Å². The number of aryl methyl sites for hydroxylation is 2. The van der Waals surface area contributed by atoms with Gasteiger partial charge in [0.15, 0.2) is 0 Å². The third-order valence-corrected chi connectivity index (χ3v) is 3.32. The average molecular weight is 279 g/mol. The van der Waals surface area contributed by atoms with E-state index in [2.05, 4.69) is 10.5 Å². The molecule has 1 N–H and O–H groups in total. The summed E-state index contributed by atoms with van der Waals surface area (Å²) in [6.45, 7) is 5.35. The minimum Gasteiger partial charge on any atom is -0.361 e. The first-order chi connectivity index (χ1) is 9.00. The lowest BCUT2D eigenvalue weighted by Gasteiger charge is -2.15. The molecule has 0 aliphatic rings.